The van der Waals surface area contributed by atoms with Crippen LogP contribution in [0.5, 0.6) is 0 Å². The molecule has 6 nitrogen and oxygen atoms in total. The first-order valence-corrected chi connectivity index (χ1v) is 11.6. The van der Waals surface area contributed by atoms with Gasteiger partial charge in [0.25, 0.3) is 0 Å². The van der Waals surface area contributed by atoms with E-state index in [-0.39, 0.29) is 5.91 Å². The van der Waals surface area contributed by atoms with Crippen LogP contribution in [0.3, 0.4) is 0 Å². The predicted molar refractivity (Wildman–Crippen MR) is 118 cm³/mol. The van der Waals surface area contributed by atoms with Crippen LogP contribution in [0.1, 0.15) is 43.7 Å². The Morgan fingerprint density at radius 3 is 2.74 bits per heavy atom. The molecule has 1 N–H and O–H groups in total. The van der Waals surface area contributed by atoms with Crippen LogP contribution in [0.2, 0.25) is 0 Å². The number of aryl methyl sites for hydroxylation is 1. The van der Waals surface area contributed by atoms with Gasteiger partial charge in [0.05, 0.1) is 5.75 Å². The van der Waals surface area contributed by atoms with Gasteiger partial charge in [-0.05, 0) is 85.4 Å². The molecule has 144 valence electrons. The van der Waals surface area contributed by atoms with E-state index in [0.717, 1.165) is 35.4 Å². The molecule has 1 aliphatic heterocycles. The lowest BCUT2D eigenvalue weighted by molar-refractivity contribution is -0.113. The predicted octanol–water partition coefficient (Wildman–Crippen LogP) is 4.25. The smallest absolute Gasteiger partial charge is 0.234 e. The minimum absolute atomic E-state index is 0.00539. The van der Waals surface area contributed by atoms with E-state index in [2.05, 4.69) is 53.6 Å². The van der Waals surface area contributed by atoms with E-state index in [1.807, 2.05) is 19.1 Å². The molecule has 0 atom stereocenters. The zero-order chi connectivity index (χ0) is 18.8. The van der Waals surface area contributed by atoms with Gasteiger partial charge in [-0.25, -0.2) is 0 Å². The van der Waals surface area contributed by atoms with Crippen LogP contribution in [-0.2, 0) is 4.79 Å². The van der Waals surface area contributed by atoms with Gasteiger partial charge in [0.1, 0.15) is 0 Å². The second-order valence-electron chi connectivity index (χ2n) is 7.23. The highest BCUT2D eigenvalue weighted by Gasteiger charge is 2.32. The fraction of sp³-hybridized carbons (Fsp3) is 0.526. The van der Waals surface area contributed by atoms with Gasteiger partial charge in [-0.1, -0.05) is 11.8 Å². The number of rotatable bonds is 6. The highest BCUT2D eigenvalue weighted by atomic mass is 127. The molecule has 1 amide bonds. The average molecular weight is 497 g/mol. The molecule has 1 aliphatic carbocycles. The number of hydrogen-bond acceptors (Lipinski definition) is 5. The molecule has 4 rings (SSSR count). The molecule has 2 heterocycles. The Morgan fingerprint density at radius 2 is 2.04 bits per heavy atom. The zero-order valence-electron chi connectivity index (χ0n) is 15.4. The van der Waals surface area contributed by atoms with Gasteiger partial charge in [-0.3, -0.25) is 9.36 Å². The van der Waals surface area contributed by atoms with Crippen LogP contribution in [0.4, 0.5) is 11.6 Å². The summed E-state index contributed by atoms with van der Waals surface area (Å²) in [7, 11) is 0. The summed E-state index contributed by atoms with van der Waals surface area (Å²) < 4.78 is 3.43. The molecular weight excluding hydrogens is 473 g/mol. The minimum Gasteiger partial charge on any atom is -0.341 e. The van der Waals surface area contributed by atoms with E-state index in [1.54, 1.807) is 0 Å². The van der Waals surface area contributed by atoms with Gasteiger partial charge in [-0.2, -0.15) is 0 Å². The quantitative estimate of drug-likeness (QED) is 0.478. The molecular formula is C19H24IN5OS. The average Bonchev–Trinajstić information content (AvgIpc) is 3.42. The Labute approximate surface area is 177 Å². The molecule has 27 heavy (non-hydrogen) atoms. The molecule has 1 saturated carbocycles. The van der Waals surface area contributed by atoms with Gasteiger partial charge < -0.3 is 10.2 Å². The maximum atomic E-state index is 12.4. The fourth-order valence-corrected chi connectivity index (χ4v) is 4.86. The summed E-state index contributed by atoms with van der Waals surface area (Å²) in [6, 6.07) is 6.53. The third-order valence-electron chi connectivity index (χ3n) is 4.99. The molecule has 0 spiro atoms. The highest BCUT2D eigenvalue weighted by Crippen LogP contribution is 2.41. The van der Waals surface area contributed by atoms with Crippen molar-refractivity contribution >= 4 is 51.9 Å². The molecule has 0 unspecified atom stereocenters. The molecule has 0 radical (unpaired) electrons. The van der Waals surface area contributed by atoms with Crippen molar-refractivity contribution in [3.8, 4) is 0 Å². The van der Waals surface area contributed by atoms with Crippen molar-refractivity contribution in [3.63, 3.8) is 0 Å². The number of nitrogens with zero attached hydrogens (tertiary/aromatic N) is 4. The van der Waals surface area contributed by atoms with Crippen LogP contribution in [0.15, 0.2) is 23.4 Å². The Morgan fingerprint density at radius 1 is 1.26 bits per heavy atom. The third-order valence-corrected chi connectivity index (χ3v) is 6.61. The number of anilines is 2. The standard InChI is InChI=1S/C19H24IN5OS/c1-13-11-14(20)5-8-16(13)21-17(26)12-27-19-23-22-18(25(19)15-6-7-15)24-9-3-2-4-10-24/h5,8,11,15H,2-4,6-7,9-10,12H2,1H3,(H,21,26). The summed E-state index contributed by atoms with van der Waals surface area (Å²) in [6.07, 6.45) is 6.10. The summed E-state index contributed by atoms with van der Waals surface area (Å²) in [5, 5.41) is 12.8. The number of thioether (sulfide) groups is 1. The molecule has 1 aromatic carbocycles. The SMILES string of the molecule is Cc1cc(I)ccc1NC(=O)CSc1nnc(N2CCCCC2)n1C1CC1. The second-order valence-corrected chi connectivity index (χ2v) is 9.42. The zero-order valence-corrected chi connectivity index (χ0v) is 18.4. The lowest BCUT2D eigenvalue weighted by Gasteiger charge is -2.27. The number of carbonyl (C=O) groups excluding carboxylic acids is 1. The summed E-state index contributed by atoms with van der Waals surface area (Å²) in [5.41, 5.74) is 1.95. The fourth-order valence-electron chi connectivity index (χ4n) is 3.41. The van der Waals surface area contributed by atoms with E-state index in [4.69, 9.17) is 0 Å². The first-order chi connectivity index (χ1) is 13.1. The van der Waals surface area contributed by atoms with Crippen molar-refractivity contribution in [3.05, 3.63) is 27.3 Å². The molecule has 0 bridgehead atoms. The van der Waals surface area contributed by atoms with Gasteiger partial charge >= 0.3 is 0 Å². The lowest BCUT2D eigenvalue weighted by atomic mass is 10.1. The number of carbonyl (C=O) groups is 1. The summed E-state index contributed by atoms with van der Waals surface area (Å²) in [6.45, 7) is 4.13. The molecule has 2 aromatic rings. The molecule has 2 aliphatic rings. The number of halogens is 1. The van der Waals surface area contributed by atoms with E-state index >= 15 is 0 Å². The normalized spacial score (nSPS) is 17.2. The maximum Gasteiger partial charge on any atom is 0.234 e. The van der Waals surface area contributed by atoms with Crippen molar-refractivity contribution in [2.24, 2.45) is 0 Å². The number of nitrogens with one attached hydrogen (secondary N) is 1. The van der Waals surface area contributed by atoms with Crippen molar-refractivity contribution in [1.82, 2.24) is 14.8 Å². The van der Waals surface area contributed by atoms with Crippen LogP contribution >= 0.6 is 34.4 Å². The molecule has 8 heteroatoms. The third kappa shape index (κ3) is 4.59. The van der Waals surface area contributed by atoms with E-state index in [9.17, 15) is 4.79 Å². The summed E-state index contributed by atoms with van der Waals surface area (Å²) in [5.74, 6) is 1.33. The molecule has 1 saturated heterocycles. The lowest BCUT2D eigenvalue weighted by Crippen LogP contribution is -2.32. The van der Waals surface area contributed by atoms with E-state index < -0.39 is 0 Å². The van der Waals surface area contributed by atoms with Crippen molar-refractivity contribution in [1.29, 1.82) is 0 Å². The number of benzene rings is 1. The number of amides is 1. The van der Waals surface area contributed by atoms with Crippen molar-refractivity contribution in [2.45, 2.75) is 50.2 Å². The van der Waals surface area contributed by atoms with E-state index in [0.29, 0.717) is 11.8 Å². The second kappa shape index (κ2) is 8.38. The first-order valence-electron chi connectivity index (χ1n) is 9.50. The van der Waals surface area contributed by atoms with Crippen molar-refractivity contribution < 1.29 is 4.79 Å². The molecule has 2 fully saturated rings. The highest BCUT2D eigenvalue weighted by molar-refractivity contribution is 14.1. The number of piperidine rings is 1. The summed E-state index contributed by atoms with van der Waals surface area (Å²) in [4.78, 5) is 14.8. The Hall–Kier alpha value is -1.29. The van der Waals surface area contributed by atoms with Gasteiger partial charge in [0.15, 0.2) is 5.16 Å². The Kier molecular flexibility index (Phi) is 5.91. The minimum atomic E-state index is -0.00539. The van der Waals surface area contributed by atoms with Crippen LogP contribution < -0.4 is 10.2 Å². The van der Waals surface area contributed by atoms with Crippen LogP contribution in [0.25, 0.3) is 0 Å². The topological polar surface area (TPSA) is 63.1 Å². The van der Waals surface area contributed by atoms with Crippen molar-refractivity contribution in [2.75, 3.05) is 29.1 Å². The van der Waals surface area contributed by atoms with Crippen LogP contribution in [0, 0.1) is 10.5 Å². The Bertz CT molecular complexity index is 830. The summed E-state index contributed by atoms with van der Waals surface area (Å²) >= 11 is 3.76. The van der Waals surface area contributed by atoms with Gasteiger partial charge in [-0.15, -0.1) is 10.2 Å². The van der Waals surface area contributed by atoms with Crippen LogP contribution in [-0.4, -0.2) is 39.5 Å². The van der Waals surface area contributed by atoms with E-state index in [1.165, 1.54) is 47.4 Å². The molecule has 1 aromatic heterocycles. The Balaban J connectivity index is 1.42. The number of hydrogen-bond donors (Lipinski definition) is 1. The van der Waals surface area contributed by atoms with Gasteiger partial charge in [0, 0.05) is 28.4 Å². The number of aromatic nitrogens is 3. The monoisotopic (exact) mass is 497 g/mol. The van der Waals surface area contributed by atoms with Gasteiger partial charge in [0.2, 0.25) is 11.9 Å². The first kappa shape index (κ1) is 19.0. The largest absolute Gasteiger partial charge is 0.341 e. The maximum absolute atomic E-state index is 12.4.